The molecule has 0 radical (unpaired) electrons. The van der Waals surface area contributed by atoms with Crippen LogP contribution in [0.2, 0.25) is 0 Å². The zero-order valence-corrected chi connectivity index (χ0v) is 68.8. The Morgan fingerprint density at radius 1 is 0.609 bits per heavy atom. The fraction of sp³-hybridized carbons (Fsp3) is 0.458. The molecular formula is C72H93IN6O31P4Pd. The first-order valence-corrected chi connectivity index (χ1v) is 42.2. The fourth-order valence-corrected chi connectivity index (χ4v) is 18.7. The Labute approximate surface area is 689 Å². The van der Waals surface area contributed by atoms with Gasteiger partial charge in [0.2, 0.25) is 23.6 Å². The second-order valence-corrected chi connectivity index (χ2v) is 34.7. The van der Waals surface area contributed by atoms with Gasteiger partial charge in [0.15, 0.2) is 18.7 Å². The Balaban J connectivity index is 0.000000199. The fourth-order valence-electron chi connectivity index (χ4n) is 12.9. The summed E-state index contributed by atoms with van der Waals surface area (Å²) < 4.78 is 71.8. The number of carbonyl (C=O) groups is 5. The van der Waals surface area contributed by atoms with Gasteiger partial charge in [-0.3, -0.25) is 43.2 Å². The maximum atomic E-state index is 12.3. The molecule has 0 spiro atoms. The summed E-state index contributed by atoms with van der Waals surface area (Å²) in [5.41, 5.74) is 13.9. The minimum absolute atomic E-state index is 0. The molecule has 23 unspecified atom stereocenters. The summed E-state index contributed by atoms with van der Waals surface area (Å²) in [6.07, 6.45) is -2.02. The molecule has 8 aliphatic heterocycles. The number of allylic oxidation sites excluding steroid dienone is 3. The predicted octanol–water partition coefficient (Wildman–Crippen LogP) is -1.73. The maximum Gasteiger partial charge on any atom is 0.490 e. The van der Waals surface area contributed by atoms with Crippen LogP contribution >= 0.6 is 54.0 Å². The van der Waals surface area contributed by atoms with Crippen molar-refractivity contribution in [3.05, 3.63) is 173 Å². The zero-order chi connectivity index (χ0) is 83.7. The third-order valence-corrected chi connectivity index (χ3v) is 26.0. The standard InChI is InChI=1S/C18H15P.C15H20N2O6.C13H20NO14P3.C13H17NO5.C10H15IN2O5.C3H6O.Pd/c1-4-10-16(11-5-1)19(17-12-6-2-7-13-17)18-14-8-3-9-15-18;1-8(19)3-2-4-9-6-17(12(20)5-10(9)16)15-14(22)13(21)11(7-18)23-15;15-10-9(5-25-30(21,22)28-31(23,24)27-29(18,19)20)26-12(11(10)16)7-4-6-2-1-3-8(6)14-13(7)17;15-6-9-11(17)12(18)13(19-9)14-5-8-3-1-2-7(8)4-10(14)16;11-4-2-13(7(15)1-5(4)12)10-9(17)8(16)6(3-14)18-10;1-3-4-2;/h1-15H;6,10-11,13-15,18,21-22H,3,5,7,16H2,1H3;1-2,4,7-12,15-16H,3,5H2,(H,14,17)(H,21,22)(H,23,24)(H2,18,19,20);1,3,5,7,9,11-13,15,17-18H,2,4,6H2;2,5-6,8-10,14,16-17H,1,3,12H2;3H,1H2,2H3;. The van der Waals surface area contributed by atoms with Gasteiger partial charge in [-0.1, -0.05) is 140 Å². The number of halogens is 1. The van der Waals surface area contributed by atoms with Crippen molar-refractivity contribution in [2.45, 2.75) is 162 Å². The number of methoxy groups -OCH3 is 1. The van der Waals surface area contributed by atoms with Crippen LogP contribution in [0.1, 0.15) is 45.4 Å². The number of nitrogens with one attached hydrogen (secondary N) is 1. The molecule has 0 saturated carbocycles. The van der Waals surface area contributed by atoms with Crippen LogP contribution in [0, 0.1) is 23.7 Å². The number of Topliss-reactive ketones (excluding diaryl/α,β-unsaturated/α-hetero) is 1. The van der Waals surface area contributed by atoms with E-state index in [1.807, 2.05) is 40.8 Å². The van der Waals surface area contributed by atoms with Crippen molar-refractivity contribution < 1.29 is 171 Å². The second-order valence-electron chi connectivity index (χ2n) is 26.8. The number of aliphatic hydroxyl groups is 11. The molecule has 115 heavy (non-hydrogen) atoms. The van der Waals surface area contributed by atoms with E-state index in [0.29, 0.717) is 18.4 Å². The average molecular weight is 1900 g/mol. The van der Waals surface area contributed by atoms with E-state index >= 15 is 0 Å². The van der Waals surface area contributed by atoms with E-state index in [0.717, 1.165) is 26.0 Å². The van der Waals surface area contributed by atoms with Crippen LogP contribution in [0.3, 0.4) is 0 Å². The first-order chi connectivity index (χ1) is 53.9. The van der Waals surface area contributed by atoms with Crippen LogP contribution in [-0.4, -0.2) is 270 Å². The first-order valence-electron chi connectivity index (χ1n) is 35.3. The number of ether oxygens (including phenoxy) is 5. The number of hydrogen-bond donors (Lipinski definition) is 18. The number of fused-ring (bicyclic) bond motifs is 2. The third-order valence-electron chi connectivity index (χ3n) is 18.7. The van der Waals surface area contributed by atoms with Gasteiger partial charge in [0.05, 0.1) is 58.2 Å². The van der Waals surface area contributed by atoms with Gasteiger partial charge in [0.25, 0.3) is 0 Å². The van der Waals surface area contributed by atoms with E-state index in [1.165, 1.54) is 51.3 Å². The van der Waals surface area contributed by atoms with Crippen LogP contribution in [0.4, 0.5) is 0 Å². The normalized spacial score (nSPS) is 32.0. The minimum Gasteiger partial charge on any atom is -0.505 e. The average Bonchev–Trinajstić information content (AvgIpc) is 1.62. The van der Waals surface area contributed by atoms with E-state index in [2.05, 4.69) is 133 Å². The zero-order valence-electron chi connectivity index (χ0n) is 61.5. The van der Waals surface area contributed by atoms with Crippen molar-refractivity contribution in [3.63, 3.8) is 0 Å². The molecule has 3 aromatic rings. The summed E-state index contributed by atoms with van der Waals surface area (Å²) in [5.74, 6) is 3.33. The monoisotopic (exact) mass is 1890 g/mol. The Morgan fingerprint density at radius 3 is 1.50 bits per heavy atom. The van der Waals surface area contributed by atoms with Crippen LogP contribution in [0.5, 0.6) is 0 Å². The summed E-state index contributed by atoms with van der Waals surface area (Å²) in [6.45, 7) is 2.43. The summed E-state index contributed by atoms with van der Waals surface area (Å²) in [5, 5.41) is 113. The van der Waals surface area contributed by atoms with Crippen LogP contribution in [-0.2, 0) is 94.9 Å². The molecular weight excluding hydrogens is 1800 g/mol. The second kappa shape index (κ2) is 44.0. The predicted molar refractivity (Wildman–Crippen MR) is 412 cm³/mol. The molecule has 20 N–H and O–H groups in total. The molecule has 4 fully saturated rings. The Morgan fingerprint density at radius 2 is 1.04 bits per heavy atom. The molecule has 13 rings (SSSR count). The summed E-state index contributed by atoms with van der Waals surface area (Å²) in [6, 6.07) is 31.2. The number of benzene rings is 3. The molecule has 37 nitrogen and oxygen atoms in total. The minimum atomic E-state index is -5.70. The van der Waals surface area contributed by atoms with Crippen molar-refractivity contribution in [2.75, 3.05) is 33.5 Å². The molecule has 10 aliphatic rings. The molecule has 0 bridgehead atoms. The van der Waals surface area contributed by atoms with Crippen LogP contribution < -0.4 is 32.7 Å². The number of ketones is 1. The topological polar surface area (TPSA) is 588 Å². The number of hydrogen-bond acceptors (Lipinski definition) is 29. The van der Waals surface area contributed by atoms with Gasteiger partial charge in [-0.15, -0.1) is 0 Å². The SMILES string of the molecule is C=COC.CC(=O)CC#CC1=CN(C2OC(CO)C(O)C2O)C(=O)CC1N.NC1CC(=O)N(C2OC(CO)C(O)C2O)C=C1I.O=C1CC2CC=CC2=CN1C1OC(CO)C(O)C1O.O=C1NC2CC=CC2=CC1C1OC(COP(=O)(O)OP(=O)(O)OP(=O)(O)O)C(O)C1O.[Pd].c1ccc(P(c2ccccc2)c2ccccc2)cc1. The number of nitrogens with zero attached hydrogens (tertiary/aromatic N) is 3. The number of phosphoric acid groups is 3. The molecule has 0 aromatic heterocycles. The van der Waals surface area contributed by atoms with Gasteiger partial charge >= 0.3 is 23.5 Å². The molecule has 4 saturated heterocycles. The maximum absolute atomic E-state index is 12.3. The van der Waals surface area contributed by atoms with Crippen LogP contribution in [0.15, 0.2) is 173 Å². The largest absolute Gasteiger partial charge is 0.505 e. The molecule has 3 aromatic carbocycles. The third kappa shape index (κ3) is 25.9. The molecule has 23 atom stereocenters. The van der Waals surface area contributed by atoms with E-state index in [-0.39, 0.29) is 81.2 Å². The van der Waals surface area contributed by atoms with Gasteiger partial charge < -0.3 is 116 Å². The quantitative estimate of drug-likeness (QED) is 0.0208. The van der Waals surface area contributed by atoms with Gasteiger partial charge in [-0.2, -0.15) is 8.62 Å². The number of rotatable bonds is 19. The summed E-state index contributed by atoms with van der Waals surface area (Å²) >= 11 is 2.01. The van der Waals surface area contributed by atoms with Crippen molar-refractivity contribution in [3.8, 4) is 11.8 Å². The molecule has 8 heterocycles. The van der Waals surface area contributed by atoms with E-state index in [1.54, 1.807) is 25.5 Å². The number of carbonyl (C=O) groups excluding carboxylic acids is 5. The molecule has 634 valence electrons. The van der Waals surface area contributed by atoms with Gasteiger partial charge in [-0.25, -0.2) is 13.7 Å². The summed E-state index contributed by atoms with van der Waals surface area (Å²) in [4.78, 5) is 98.6. The molecule has 2 aliphatic carbocycles. The van der Waals surface area contributed by atoms with Gasteiger partial charge in [0, 0.05) is 79.5 Å². The number of nitrogens with two attached hydrogens (primary N) is 2. The number of aliphatic hydroxyl groups excluding tert-OH is 11. The van der Waals surface area contributed by atoms with Gasteiger partial charge in [-0.05, 0) is 83.3 Å². The Kier molecular flexibility index (Phi) is 36.9. The van der Waals surface area contributed by atoms with Crippen molar-refractivity contribution in [2.24, 2.45) is 23.3 Å². The van der Waals surface area contributed by atoms with Crippen molar-refractivity contribution >= 4 is 99.3 Å². The first kappa shape index (κ1) is 96.4. The van der Waals surface area contributed by atoms with Gasteiger partial charge in [0.1, 0.15) is 85.1 Å². The molecule has 4 amide bonds. The smallest absolute Gasteiger partial charge is 0.490 e. The number of phosphoric ester groups is 1. The van der Waals surface area contributed by atoms with Crippen molar-refractivity contribution in [1.82, 2.24) is 20.0 Å². The molecule has 43 heteroatoms. The van der Waals surface area contributed by atoms with Crippen LogP contribution in [0.25, 0.3) is 0 Å². The number of amides is 4. The van der Waals surface area contributed by atoms with E-state index in [9.17, 15) is 83.4 Å². The van der Waals surface area contributed by atoms with Crippen molar-refractivity contribution in [1.29, 1.82) is 0 Å². The van der Waals surface area contributed by atoms with E-state index in [4.69, 9.17) is 60.4 Å². The Bertz CT molecular complexity index is 4150. The summed E-state index contributed by atoms with van der Waals surface area (Å²) in [7, 11) is -15.6. The van der Waals surface area contributed by atoms with E-state index < -0.39 is 174 Å². The Hall–Kier alpha value is -5.70.